The van der Waals surface area contributed by atoms with Crippen molar-refractivity contribution in [3.05, 3.63) is 36.5 Å². The van der Waals surface area contributed by atoms with Gasteiger partial charge in [-0.3, -0.25) is 10.00 Å². The van der Waals surface area contributed by atoms with E-state index in [4.69, 9.17) is 0 Å². The van der Waals surface area contributed by atoms with Crippen LogP contribution in [0.5, 0.6) is 0 Å². The van der Waals surface area contributed by atoms with E-state index >= 15 is 0 Å². The summed E-state index contributed by atoms with van der Waals surface area (Å²) in [6.45, 7) is 3.55. The lowest BCUT2D eigenvalue weighted by Gasteiger charge is -2.20. The van der Waals surface area contributed by atoms with E-state index in [2.05, 4.69) is 51.6 Å². The van der Waals surface area contributed by atoms with Crippen LogP contribution in [0.15, 0.2) is 36.5 Å². The van der Waals surface area contributed by atoms with Crippen molar-refractivity contribution < 1.29 is 0 Å². The van der Waals surface area contributed by atoms with Crippen molar-refractivity contribution in [3.8, 4) is 11.3 Å². The number of anilines is 1. The Morgan fingerprint density at radius 1 is 1.19 bits per heavy atom. The Balaban J connectivity index is 1.41. The van der Waals surface area contributed by atoms with E-state index in [-0.39, 0.29) is 0 Å². The maximum atomic E-state index is 4.00. The molecule has 4 heteroatoms. The van der Waals surface area contributed by atoms with Crippen LogP contribution in [0.25, 0.3) is 11.3 Å². The molecule has 4 nitrogen and oxygen atoms in total. The monoisotopic (exact) mass is 282 g/mol. The molecule has 2 unspecified atom stereocenters. The van der Waals surface area contributed by atoms with Gasteiger partial charge in [-0.2, -0.15) is 5.10 Å². The number of aromatic amines is 1. The molecule has 21 heavy (non-hydrogen) atoms. The SMILES string of the molecule is CC1CC(Nc2ccc(-c3ccn[nH]3)cc2)CN1C1CC1. The third-order valence-corrected chi connectivity index (χ3v) is 4.71. The molecule has 2 N–H and O–H groups in total. The maximum absolute atomic E-state index is 4.00. The van der Waals surface area contributed by atoms with Crippen LogP contribution in [0.4, 0.5) is 5.69 Å². The first kappa shape index (κ1) is 12.9. The Bertz CT molecular complexity index is 586. The Labute approximate surface area is 125 Å². The molecule has 0 bridgehead atoms. The second kappa shape index (κ2) is 5.19. The number of hydrogen-bond acceptors (Lipinski definition) is 3. The second-order valence-corrected chi connectivity index (χ2v) is 6.40. The van der Waals surface area contributed by atoms with Gasteiger partial charge in [0.2, 0.25) is 0 Å². The molecule has 1 saturated heterocycles. The van der Waals surface area contributed by atoms with Crippen molar-refractivity contribution in [1.82, 2.24) is 15.1 Å². The van der Waals surface area contributed by atoms with E-state index in [1.54, 1.807) is 6.20 Å². The summed E-state index contributed by atoms with van der Waals surface area (Å²) in [5.41, 5.74) is 3.46. The minimum atomic E-state index is 0.582. The van der Waals surface area contributed by atoms with Crippen LogP contribution >= 0.6 is 0 Å². The molecule has 4 rings (SSSR count). The summed E-state index contributed by atoms with van der Waals surface area (Å²) in [7, 11) is 0. The highest BCUT2D eigenvalue weighted by atomic mass is 15.3. The van der Waals surface area contributed by atoms with Crippen molar-refractivity contribution in [2.45, 2.75) is 44.3 Å². The van der Waals surface area contributed by atoms with Crippen LogP contribution in [0, 0.1) is 0 Å². The minimum Gasteiger partial charge on any atom is -0.381 e. The summed E-state index contributed by atoms with van der Waals surface area (Å²) in [5.74, 6) is 0. The molecule has 2 atom stereocenters. The van der Waals surface area contributed by atoms with E-state index in [1.807, 2.05) is 6.07 Å². The van der Waals surface area contributed by atoms with Gasteiger partial charge in [0, 0.05) is 36.6 Å². The van der Waals surface area contributed by atoms with Crippen LogP contribution in [-0.4, -0.2) is 39.8 Å². The largest absolute Gasteiger partial charge is 0.381 e. The molecular formula is C17H22N4. The van der Waals surface area contributed by atoms with Crippen LogP contribution in [0.1, 0.15) is 26.2 Å². The fourth-order valence-electron chi connectivity index (χ4n) is 3.47. The van der Waals surface area contributed by atoms with Gasteiger partial charge in [0.15, 0.2) is 0 Å². The number of rotatable bonds is 4. The second-order valence-electron chi connectivity index (χ2n) is 6.40. The van der Waals surface area contributed by atoms with Crippen molar-refractivity contribution in [1.29, 1.82) is 0 Å². The average Bonchev–Trinajstić information content (AvgIpc) is 3.05. The van der Waals surface area contributed by atoms with Gasteiger partial charge in [0.25, 0.3) is 0 Å². The standard InChI is InChI=1S/C17H22N4/c1-12-10-15(11-21(12)16-6-7-16)19-14-4-2-13(3-5-14)17-8-9-18-20-17/h2-5,8-9,12,15-16,19H,6-7,10-11H2,1H3,(H,18,20). The molecule has 1 saturated carbocycles. The lowest BCUT2D eigenvalue weighted by atomic mass is 10.1. The van der Waals surface area contributed by atoms with Gasteiger partial charge in [-0.15, -0.1) is 0 Å². The number of hydrogen-bond donors (Lipinski definition) is 2. The van der Waals surface area contributed by atoms with Crippen LogP contribution in [0.3, 0.4) is 0 Å². The van der Waals surface area contributed by atoms with Gasteiger partial charge in [-0.25, -0.2) is 0 Å². The van der Waals surface area contributed by atoms with Gasteiger partial charge in [0.05, 0.1) is 5.69 Å². The summed E-state index contributed by atoms with van der Waals surface area (Å²) in [4.78, 5) is 2.68. The zero-order chi connectivity index (χ0) is 14.2. The van der Waals surface area contributed by atoms with Crippen molar-refractivity contribution in [2.24, 2.45) is 0 Å². The smallest absolute Gasteiger partial charge is 0.0650 e. The molecule has 1 aliphatic heterocycles. The number of H-pyrrole nitrogens is 1. The minimum absolute atomic E-state index is 0.582. The van der Waals surface area contributed by atoms with Gasteiger partial charge >= 0.3 is 0 Å². The zero-order valence-corrected chi connectivity index (χ0v) is 12.4. The molecule has 0 amide bonds. The predicted octanol–water partition coefficient (Wildman–Crippen LogP) is 3.11. The summed E-state index contributed by atoms with van der Waals surface area (Å²) < 4.78 is 0. The zero-order valence-electron chi connectivity index (χ0n) is 12.4. The van der Waals surface area contributed by atoms with E-state index in [1.165, 1.54) is 37.1 Å². The maximum Gasteiger partial charge on any atom is 0.0650 e. The van der Waals surface area contributed by atoms with Gasteiger partial charge in [0.1, 0.15) is 0 Å². The van der Waals surface area contributed by atoms with Crippen molar-refractivity contribution >= 4 is 5.69 Å². The van der Waals surface area contributed by atoms with E-state index in [0.29, 0.717) is 6.04 Å². The quantitative estimate of drug-likeness (QED) is 0.905. The van der Waals surface area contributed by atoms with E-state index in [9.17, 15) is 0 Å². The molecule has 1 aliphatic carbocycles. The molecule has 0 spiro atoms. The Morgan fingerprint density at radius 2 is 2.00 bits per heavy atom. The molecule has 1 aromatic heterocycles. The predicted molar refractivity (Wildman–Crippen MR) is 85.2 cm³/mol. The lowest BCUT2D eigenvalue weighted by molar-refractivity contribution is 0.257. The summed E-state index contributed by atoms with van der Waals surface area (Å²) >= 11 is 0. The molecule has 2 aromatic rings. The van der Waals surface area contributed by atoms with E-state index < -0.39 is 0 Å². The molecular weight excluding hydrogens is 260 g/mol. The van der Waals surface area contributed by atoms with Gasteiger partial charge < -0.3 is 5.32 Å². The van der Waals surface area contributed by atoms with Crippen molar-refractivity contribution in [3.63, 3.8) is 0 Å². The first-order chi connectivity index (χ1) is 10.3. The third-order valence-electron chi connectivity index (χ3n) is 4.71. The summed E-state index contributed by atoms with van der Waals surface area (Å²) in [5, 5.41) is 10.7. The van der Waals surface area contributed by atoms with Gasteiger partial charge in [-0.1, -0.05) is 12.1 Å². The molecule has 2 fully saturated rings. The Hall–Kier alpha value is -1.81. The molecule has 0 radical (unpaired) electrons. The highest BCUT2D eigenvalue weighted by Gasteiger charge is 2.38. The fourth-order valence-corrected chi connectivity index (χ4v) is 3.47. The molecule has 110 valence electrons. The average molecular weight is 282 g/mol. The summed E-state index contributed by atoms with van der Waals surface area (Å²) in [6.07, 6.45) is 5.83. The molecule has 2 aliphatic rings. The molecule has 2 heterocycles. The summed E-state index contributed by atoms with van der Waals surface area (Å²) in [6, 6.07) is 12.8. The number of likely N-dealkylation sites (tertiary alicyclic amines) is 1. The first-order valence-corrected chi connectivity index (χ1v) is 7.92. The Kier molecular flexibility index (Phi) is 3.19. The topological polar surface area (TPSA) is 44.0 Å². The van der Waals surface area contributed by atoms with Crippen LogP contribution in [-0.2, 0) is 0 Å². The fraction of sp³-hybridized carbons (Fsp3) is 0.471. The normalized spacial score (nSPS) is 26.1. The number of nitrogens with one attached hydrogen (secondary N) is 2. The lowest BCUT2D eigenvalue weighted by Crippen LogP contribution is -2.30. The van der Waals surface area contributed by atoms with Gasteiger partial charge in [-0.05, 0) is 49.9 Å². The van der Waals surface area contributed by atoms with Crippen LogP contribution < -0.4 is 5.32 Å². The third kappa shape index (κ3) is 2.68. The first-order valence-electron chi connectivity index (χ1n) is 7.92. The number of aromatic nitrogens is 2. The Morgan fingerprint density at radius 3 is 2.67 bits per heavy atom. The number of benzene rings is 1. The van der Waals surface area contributed by atoms with E-state index in [0.717, 1.165) is 17.8 Å². The molecule has 1 aromatic carbocycles. The highest BCUT2D eigenvalue weighted by molar-refractivity contribution is 5.62. The van der Waals surface area contributed by atoms with Crippen LogP contribution in [0.2, 0.25) is 0 Å². The highest BCUT2D eigenvalue weighted by Crippen LogP contribution is 2.34. The van der Waals surface area contributed by atoms with Crippen molar-refractivity contribution in [2.75, 3.05) is 11.9 Å². The number of nitrogens with zero attached hydrogens (tertiary/aromatic N) is 2.